The van der Waals surface area contributed by atoms with Crippen LogP contribution < -0.4 is 20.9 Å². The van der Waals surface area contributed by atoms with E-state index in [1.54, 1.807) is 42.4 Å². The number of carbonyl (C=O) groups excluding carboxylic acids is 2. The van der Waals surface area contributed by atoms with Crippen molar-refractivity contribution in [1.29, 1.82) is 0 Å². The summed E-state index contributed by atoms with van der Waals surface area (Å²) in [6.07, 6.45) is 7.12. The van der Waals surface area contributed by atoms with Crippen molar-refractivity contribution >= 4 is 28.4 Å². The minimum absolute atomic E-state index is 0.0321. The topological polar surface area (TPSA) is 112 Å². The highest BCUT2D eigenvalue weighted by Gasteiger charge is 2.31. The molecule has 0 bridgehead atoms. The smallest absolute Gasteiger partial charge is 0.274 e. The van der Waals surface area contributed by atoms with Crippen LogP contribution in [0, 0.1) is 0 Å². The molecule has 174 valence electrons. The van der Waals surface area contributed by atoms with Crippen LogP contribution in [0.25, 0.3) is 10.9 Å². The summed E-state index contributed by atoms with van der Waals surface area (Å²) in [5.41, 5.74) is 6.80. The van der Waals surface area contributed by atoms with E-state index in [4.69, 9.17) is 15.6 Å². The zero-order valence-corrected chi connectivity index (χ0v) is 19.2. The lowest BCUT2D eigenvalue weighted by atomic mass is 9.89. The number of pyridine rings is 1. The van der Waals surface area contributed by atoms with Gasteiger partial charge in [-0.2, -0.15) is 5.10 Å². The summed E-state index contributed by atoms with van der Waals surface area (Å²) in [5, 5.41) is 5.52. The number of aromatic nitrogens is 3. The molecule has 0 aliphatic heterocycles. The van der Waals surface area contributed by atoms with Crippen molar-refractivity contribution in [2.24, 2.45) is 12.8 Å². The number of nitrogens with two attached hydrogens (primary N) is 1. The molecule has 0 spiro atoms. The van der Waals surface area contributed by atoms with Crippen molar-refractivity contribution in [1.82, 2.24) is 14.3 Å². The molecule has 2 N–H and O–H groups in total. The van der Waals surface area contributed by atoms with Gasteiger partial charge in [-0.05, 0) is 43.9 Å². The van der Waals surface area contributed by atoms with E-state index in [-0.39, 0.29) is 23.6 Å². The largest absolute Gasteiger partial charge is 0.496 e. The molecule has 1 aromatic carbocycles. The molecule has 1 aliphatic carbocycles. The molecule has 2 heterocycles. The molecule has 33 heavy (non-hydrogen) atoms. The van der Waals surface area contributed by atoms with Gasteiger partial charge in [0.05, 0.1) is 24.2 Å². The number of nitrogens with zero attached hydrogens (tertiary/aromatic N) is 4. The zero-order chi connectivity index (χ0) is 23.7. The van der Waals surface area contributed by atoms with Crippen LogP contribution in [0.3, 0.4) is 0 Å². The van der Waals surface area contributed by atoms with Crippen molar-refractivity contribution in [3.05, 3.63) is 52.6 Å². The van der Waals surface area contributed by atoms with Gasteiger partial charge in [-0.1, -0.05) is 6.92 Å². The molecule has 3 aromatic rings. The van der Waals surface area contributed by atoms with Gasteiger partial charge >= 0.3 is 0 Å². The molecular formula is C24H29N5O4. The fourth-order valence-corrected chi connectivity index (χ4v) is 4.67. The highest BCUT2D eigenvalue weighted by atomic mass is 16.5. The number of rotatable bonds is 6. The molecule has 0 atom stereocenters. The van der Waals surface area contributed by atoms with Crippen LogP contribution in [0.1, 0.15) is 55.4 Å². The minimum Gasteiger partial charge on any atom is -0.496 e. The van der Waals surface area contributed by atoms with Gasteiger partial charge in [0.1, 0.15) is 11.4 Å². The summed E-state index contributed by atoms with van der Waals surface area (Å²) in [4.78, 5) is 38.9. The lowest BCUT2D eigenvalue weighted by molar-refractivity contribution is -0.119. The first-order chi connectivity index (χ1) is 15.8. The predicted molar refractivity (Wildman–Crippen MR) is 126 cm³/mol. The Morgan fingerprint density at radius 2 is 1.97 bits per heavy atom. The monoisotopic (exact) mass is 451 g/mol. The van der Waals surface area contributed by atoms with Gasteiger partial charge in [0.2, 0.25) is 5.91 Å². The van der Waals surface area contributed by atoms with Crippen molar-refractivity contribution in [3.63, 3.8) is 0 Å². The van der Waals surface area contributed by atoms with Gasteiger partial charge in [-0.25, -0.2) is 0 Å². The van der Waals surface area contributed by atoms with Crippen LogP contribution in [0.15, 0.2) is 41.5 Å². The van der Waals surface area contributed by atoms with Gasteiger partial charge < -0.3 is 19.9 Å². The van der Waals surface area contributed by atoms with Crippen molar-refractivity contribution in [2.45, 2.75) is 51.1 Å². The van der Waals surface area contributed by atoms with E-state index in [1.165, 1.54) is 11.7 Å². The third-order valence-electron chi connectivity index (χ3n) is 6.45. The summed E-state index contributed by atoms with van der Waals surface area (Å²) in [7, 11) is 3.19. The number of hydrogen-bond acceptors (Lipinski definition) is 5. The Balaban J connectivity index is 1.57. The Morgan fingerprint density at radius 3 is 2.61 bits per heavy atom. The van der Waals surface area contributed by atoms with E-state index >= 15 is 0 Å². The second-order valence-corrected chi connectivity index (χ2v) is 8.47. The number of benzene rings is 1. The maximum atomic E-state index is 12.8. The van der Waals surface area contributed by atoms with Crippen LogP contribution in [0.4, 0.5) is 5.69 Å². The Kier molecular flexibility index (Phi) is 6.22. The van der Waals surface area contributed by atoms with E-state index in [2.05, 4.69) is 0 Å². The molecule has 4 rings (SSSR count). The van der Waals surface area contributed by atoms with Crippen molar-refractivity contribution in [3.8, 4) is 5.75 Å². The van der Waals surface area contributed by atoms with Gasteiger partial charge in [0.15, 0.2) is 0 Å². The molecule has 1 fully saturated rings. The normalized spacial score (nSPS) is 18.3. The van der Waals surface area contributed by atoms with E-state index < -0.39 is 5.91 Å². The van der Waals surface area contributed by atoms with Crippen LogP contribution >= 0.6 is 0 Å². The number of aryl methyl sites for hydroxylation is 1. The van der Waals surface area contributed by atoms with E-state index in [9.17, 15) is 14.4 Å². The first-order valence-electron chi connectivity index (χ1n) is 11.2. The number of methoxy groups -OCH3 is 1. The Bertz CT molecular complexity index is 1250. The van der Waals surface area contributed by atoms with E-state index in [0.29, 0.717) is 23.4 Å². The second-order valence-electron chi connectivity index (χ2n) is 8.47. The average Bonchev–Trinajstić information content (AvgIpc) is 3.24. The number of primary amides is 1. The van der Waals surface area contributed by atoms with Crippen LogP contribution in [-0.2, 0) is 11.8 Å². The lowest BCUT2D eigenvalue weighted by Crippen LogP contribution is -2.45. The van der Waals surface area contributed by atoms with Crippen LogP contribution in [0.2, 0.25) is 0 Å². The quantitative estimate of drug-likeness (QED) is 0.619. The zero-order valence-electron chi connectivity index (χ0n) is 19.2. The molecule has 9 nitrogen and oxygen atoms in total. The Labute approximate surface area is 191 Å². The Morgan fingerprint density at radius 1 is 1.24 bits per heavy atom. The summed E-state index contributed by atoms with van der Waals surface area (Å²) in [6.45, 7) is 1.82. The summed E-state index contributed by atoms with van der Waals surface area (Å²) in [6, 6.07) is 7.08. The molecule has 1 aliphatic rings. The lowest BCUT2D eigenvalue weighted by Gasteiger charge is -2.36. The molecule has 9 heteroatoms. The van der Waals surface area contributed by atoms with Gasteiger partial charge in [0.25, 0.3) is 11.5 Å². The molecule has 2 aromatic heterocycles. The third kappa shape index (κ3) is 4.22. The second kappa shape index (κ2) is 9.09. The number of carbonyl (C=O) groups is 2. The highest BCUT2D eigenvalue weighted by molar-refractivity contribution is 6.00. The summed E-state index contributed by atoms with van der Waals surface area (Å²) < 4.78 is 8.72. The van der Waals surface area contributed by atoms with Crippen LogP contribution in [-0.4, -0.2) is 39.3 Å². The molecule has 0 radical (unpaired) electrons. The van der Waals surface area contributed by atoms with Crippen molar-refractivity contribution < 1.29 is 14.3 Å². The number of hydrogen-bond donors (Lipinski definition) is 1. The average molecular weight is 452 g/mol. The first kappa shape index (κ1) is 22.6. The first-order valence-corrected chi connectivity index (χ1v) is 11.2. The minimum atomic E-state index is -0.547. The molecular weight excluding hydrogens is 422 g/mol. The standard InChI is InChI=1S/C24H29N5O4/c1-4-22(30)29(20-6-5-11-27(2)24(20)32)17-9-7-16(8-10-17)28-14-15-12-18(23(25)31)21(33-3)13-19(15)26-28/h5-6,11-14,16-17H,4,7-10H2,1-3H3,(H2,25,31). The fraction of sp³-hybridized carbons (Fsp3) is 0.417. The molecule has 1 saturated carbocycles. The van der Waals surface area contributed by atoms with E-state index in [0.717, 1.165) is 36.6 Å². The number of fused-ring (bicyclic) bond motifs is 1. The van der Waals surface area contributed by atoms with Gasteiger partial charge in [-0.3, -0.25) is 19.1 Å². The maximum absolute atomic E-state index is 12.8. The van der Waals surface area contributed by atoms with Crippen LogP contribution in [0.5, 0.6) is 5.75 Å². The predicted octanol–water partition coefficient (Wildman–Crippen LogP) is 2.77. The molecule has 0 saturated heterocycles. The fourth-order valence-electron chi connectivity index (χ4n) is 4.67. The maximum Gasteiger partial charge on any atom is 0.274 e. The number of amides is 2. The molecule has 2 amide bonds. The number of anilines is 1. The summed E-state index contributed by atoms with van der Waals surface area (Å²) in [5.74, 6) is -0.186. The molecule has 0 unspecified atom stereocenters. The van der Waals surface area contributed by atoms with Gasteiger partial charge in [-0.15, -0.1) is 0 Å². The SMILES string of the molecule is CCC(=O)N(c1cccn(C)c1=O)C1CCC(n2cc3cc(C(N)=O)c(OC)cc3n2)CC1. The third-order valence-corrected chi connectivity index (χ3v) is 6.45. The van der Waals surface area contributed by atoms with Gasteiger partial charge in [0, 0.05) is 43.4 Å². The number of ether oxygens (including phenoxy) is 1. The van der Waals surface area contributed by atoms with Crippen molar-refractivity contribution in [2.75, 3.05) is 12.0 Å². The Hall–Kier alpha value is -3.62. The summed E-state index contributed by atoms with van der Waals surface area (Å²) >= 11 is 0. The van der Waals surface area contributed by atoms with E-state index in [1.807, 2.05) is 17.8 Å². The highest BCUT2D eigenvalue weighted by Crippen LogP contribution is 2.34.